The van der Waals surface area contributed by atoms with Gasteiger partial charge in [0.05, 0.1) is 12.0 Å². The minimum Gasteiger partial charge on any atom is -0.490 e. The molecule has 1 N–H and O–H groups in total. The Labute approximate surface area is 97.3 Å². The van der Waals surface area contributed by atoms with Crippen LogP contribution in [0.2, 0.25) is 0 Å². The van der Waals surface area contributed by atoms with Gasteiger partial charge in [0.15, 0.2) is 5.75 Å². The van der Waals surface area contributed by atoms with Crippen LogP contribution in [-0.2, 0) is 4.79 Å². The second kappa shape index (κ2) is 5.11. The number of methoxy groups -OCH3 is 1. The molecule has 0 saturated heterocycles. The molecule has 0 unspecified atom stereocenters. The van der Waals surface area contributed by atoms with Gasteiger partial charge in [-0.1, -0.05) is 6.07 Å². The van der Waals surface area contributed by atoms with E-state index in [9.17, 15) is 14.9 Å². The molecule has 1 rings (SSSR count). The summed E-state index contributed by atoms with van der Waals surface area (Å²) in [4.78, 5) is 20.8. The van der Waals surface area contributed by atoms with Crippen LogP contribution in [0.1, 0.15) is 12.5 Å². The van der Waals surface area contributed by atoms with Crippen LogP contribution in [0.25, 0.3) is 6.08 Å². The molecule has 6 nitrogen and oxygen atoms in total. The van der Waals surface area contributed by atoms with Crippen molar-refractivity contribution in [1.82, 2.24) is 0 Å². The number of hydrogen-bond acceptors (Lipinski definition) is 4. The molecule has 0 atom stereocenters. The fourth-order valence-electron chi connectivity index (χ4n) is 1.25. The molecule has 0 aromatic heterocycles. The Kier molecular flexibility index (Phi) is 3.82. The molecule has 17 heavy (non-hydrogen) atoms. The number of carboxylic acid groups (broad SMARTS) is 1. The van der Waals surface area contributed by atoms with Crippen LogP contribution in [0.3, 0.4) is 0 Å². The zero-order chi connectivity index (χ0) is 13.0. The third-order valence-corrected chi connectivity index (χ3v) is 2.12. The molecular formula is C11H11NO5. The predicted molar refractivity (Wildman–Crippen MR) is 60.9 cm³/mol. The molecule has 0 spiro atoms. The number of carbonyl (C=O) groups is 1. The van der Waals surface area contributed by atoms with Crippen molar-refractivity contribution in [2.24, 2.45) is 0 Å². The first-order valence-electron chi connectivity index (χ1n) is 4.69. The lowest BCUT2D eigenvalue weighted by Crippen LogP contribution is -1.97. The maximum absolute atomic E-state index is 10.7. The monoisotopic (exact) mass is 237 g/mol. The van der Waals surface area contributed by atoms with Crippen molar-refractivity contribution < 1.29 is 19.6 Å². The number of rotatable bonds is 4. The van der Waals surface area contributed by atoms with Crippen molar-refractivity contribution in [2.45, 2.75) is 6.92 Å². The van der Waals surface area contributed by atoms with Crippen molar-refractivity contribution in [3.63, 3.8) is 0 Å². The van der Waals surface area contributed by atoms with Gasteiger partial charge in [-0.25, -0.2) is 4.79 Å². The smallest absolute Gasteiger partial charge is 0.331 e. The first-order chi connectivity index (χ1) is 7.95. The van der Waals surface area contributed by atoms with Crippen LogP contribution in [0.15, 0.2) is 23.8 Å². The molecule has 0 fully saturated rings. The highest BCUT2D eigenvalue weighted by molar-refractivity contribution is 5.91. The van der Waals surface area contributed by atoms with Crippen molar-refractivity contribution in [3.8, 4) is 5.75 Å². The molecule has 0 radical (unpaired) electrons. The molecule has 0 aliphatic heterocycles. The third kappa shape index (κ3) is 3.04. The van der Waals surface area contributed by atoms with Gasteiger partial charge in [-0.2, -0.15) is 0 Å². The van der Waals surface area contributed by atoms with Crippen molar-refractivity contribution >= 4 is 17.7 Å². The number of hydrogen-bond donors (Lipinski definition) is 1. The molecule has 1 aromatic rings. The van der Waals surface area contributed by atoms with Crippen molar-refractivity contribution in [2.75, 3.05) is 7.11 Å². The van der Waals surface area contributed by atoms with Crippen LogP contribution in [-0.4, -0.2) is 23.1 Å². The van der Waals surface area contributed by atoms with Gasteiger partial charge in [-0.15, -0.1) is 0 Å². The minimum atomic E-state index is -1.07. The van der Waals surface area contributed by atoms with E-state index in [2.05, 4.69) is 0 Å². The number of carboxylic acids is 1. The number of ether oxygens (including phenoxy) is 1. The summed E-state index contributed by atoms with van der Waals surface area (Å²) in [5, 5.41) is 19.4. The van der Waals surface area contributed by atoms with Gasteiger partial charge in [-0.05, 0) is 24.6 Å². The van der Waals surface area contributed by atoms with E-state index >= 15 is 0 Å². The lowest BCUT2D eigenvalue weighted by atomic mass is 10.1. The van der Waals surface area contributed by atoms with Crippen LogP contribution in [0, 0.1) is 10.1 Å². The molecular weight excluding hydrogens is 226 g/mol. The van der Waals surface area contributed by atoms with Gasteiger partial charge >= 0.3 is 11.7 Å². The van der Waals surface area contributed by atoms with Crippen LogP contribution < -0.4 is 4.74 Å². The van der Waals surface area contributed by atoms with E-state index in [-0.39, 0.29) is 17.0 Å². The number of nitrogens with zero attached hydrogens (tertiary/aromatic N) is 1. The fourth-order valence-corrected chi connectivity index (χ4v) is 1.25. The summed E-state index contributed by atoms with van der Waals surface area (Å²) in [5.41, 5.74) is 0.348. The third-order valence-electron chi connectivity index (χ3n) is 2.12. The van der Waals surface area contributed by atoms with Gasteiger partial charge < -0.3 is 9.84 Å². The summed E-state index contributed by atoms with van der Waals surface area (Å²) in [6, 6.07) is 4.25. The molecule has 0 amide bonds. The van der Waals surface area contributed by atoms with Crippen molar-refractivity contribution in [1.29, 1.82) is 0 Å². The van der Waals surface area contributed by atoms with Gasteiger partial charge in [0.2, 0.25) is 0 Å². The molecule has 1 aromatic carbocycles. The maximum atomic E-state index is 10.7. The number of nitro benzene ring substituents is 1. The van der Waals surface area contributed by atoms with Gasteiger partial charge in [0.25, 0.3) is 0 Å². The Morgan fingerprint density at radius 3 is 2.65 bits per heavy atom. The highest BCUT2D eigenvalue weighted by Gasteiger charge is 2.14. The highest BCUT2D eigenvalue weighted by Crippen LogP contribution is 2.28. The summed E-state index contributed by atoms with van der Waals surface area (Å²) in [5.74, 6) is -0.927. The van der Waals surface area contributed by atoms with Crippen molar-refractivity contribution in [3.05, 3.63) is 39.4 Å². The fraction of sp³-hybridized carbons (Fsp3) is 0.182. The Balaban J connectivity index is 3.22. The van der Waals surface area contributed by atoms with Crippen LogP contribution in [0.4, 0.5) is 5.69 Å². The summed E-state index contributed by atoms with van der Waals surface area (Å²) in [6.07, 6.45) is 1.36. The molecule has 6 heteroatoms. The lowest BCUT2D eigenvalue weighted by Gasteiger charge is -2.02. The largest absolute Gasteiger partial charge is 0.490 e. The molecule has 0 bridgehead atoms. The second-order valence-electron chi connectivity index (χ2n) is 3.32. The van der Waals surface area contributed by atoms with E-state index in [0.717, 1.165) is 0 Å². The first kappa shape index (κ1) is 12.7. The van der Waals surface area contributed by atoms with E-state index in [1.165, 1.54) is 32.2 Å². The van der Waals surface area contributed by atoms with E-state index in [0.29, 0.717) is 5.56 Å². The Hall–Kier alpha value is -2.37. The molecule has 0 heterocycles. The normalized spacial score (nSPS) is 11.1. The molecule has 0 aliphatic carbocycles. The SMILES string of the molecule is COc1ccc(/C=C(\C)C(=O)O)cc1[N+](=O)[O-]. The molecule has 0 aliphatic rings. The predicted octanol–water partition coefficient (Wildman–Crippen LogP) is 2.09. The Bertz CT molecular complexity index is 493. The molecule has 90 valence electrons. The second-order valence-corrected chi connectivity index (χ2v) is 3.32. The van der Waals surface area contributed by atoms with E-state index < -0.39 is 10.9 Å². The average molecular weight is 237 g/mol. The number of nitro groups is 1. The average Bonchev–Trinajstić information content (AvgIpc) is 2.28. The standard InChI is InChI=1S/C11H11NO5/c1-7(11(13)14)5-8-3-4-10(17-2)9(6-8)12(15)16/h3-6H,1-2H3,(H,13,14)/b7-5+. The molecule has 0 saturated carbocycles. The van der Waals surface area contributed by atoms with Gasteiger partial charge in [0.1, 0.15) is 0 Å². The number of aliphatic carboxylic acids is 1. The summed E-state index contributed by atoms with van der Waals surface area (Å²) in [6.45, 7) is 1.42. The Morgan fingerprint density at radius 1 is 1.53 bits per heavy atom. The number of benzene rings is 1. The van der Waals surface area contributed by atoms with Crippen LogP contribution in [0.5, 0.6) is 5.75 Å². The maximum Gasteiger partial charge on any atom is 0.331 e. The van der Waals surface area contributed by atoms with E-state index in [4.69, 9.17) is 9.84 Å². The zero-order valence-corrected chi connectivity index (χ0v) is 9.34. The Morgan fingerprint density at radius 2 is 2.18 bits per heavy atom. The lowest BCUT2D eigenvalue weighted by molar-refractivity contribution is -0.385. The first-order valence-corrected chi connectivity index (χ1v) is 4.69. The van der Waals surface area contributed by atoms with Crippen LogP contribution >= 0.6 is 0 Å². The summed E-state index contributed by atoms with van der Waals surface area (Å²) < 4.78 is 4.84. The van der Waals surface area contributed by atoms with E-state index in [1.807, 2.05) is 0 Å². The summed E-state index contributed by atoms with van der Waals surface area (Å²) in [7, 11) is 1.33. The van der Waals surface area contributed by atoms with Gasteiger partial charge in [-0.3, -0.25) is 10.1 Å². The van der Waals surface area contributed by atoms with Gasteiger partial charge in [0, 0.05) is 11.6 Å². The zero-order valence-electron chi connectivity index (χ0n) is 9.34. The topological polar surface area (TPSA) is 89.7 Å². The summed E-state index contributed by atoms with van der Waals surface area (Å²) >= 11 is 0. The van der Waals surface area contributed by atoms with E-state index in [1.54, 1.807) is 6.07 Å². The quantitative estimate of drug-likeness (QED) is 0.492. The highest BCUT2D eigenvalue weighted by atomic mass is 16.6. The minimum absolute atomic E-state index is 0.101.